The summed E-state index contributed by atoms with van der Waals surface area (Å²) in [4.78, 5) is 4.25. The Bertz CT molecular complexity index is 705. The number of pyridine rings is 1. The first kappa shape index (κ1) is 15.5. The molecule has 1 heterocycles. The monoisotopic (exact) mass is 305 g/mol. The number of nitrogens with one attached hydrogen (secondary N) is 2. The van der Waals surface area contributed by atoms with E-state index < -0.39 is 10.0 Å². The number of hydrogen-bond donors (Lipinski definition) is 2. The highest BCUT2D eigenvalue weighted by Crippen LogP contribution is 2.24. The Morgan fingerprint density at radius 1 is 1.10 bits per heavy atom. The van der Waals surface area contributed by atoms with Crippen LogP contribution in [0.3, 0.4) is 0 Å². The van der Waals surface area contributed by atoms with E-state index in [9.17, 15) is 8.42 Å². The Labute approximate surface area is 125 Å². The third kappa shape index (κ3) is 3.59. The number of aromatic nitrogens is 1. The van der Waals surface area contributed by atoms with Crippen LogP contribution in [0.5, 0.6) is 0 Å². The standard InChI is InChI=1S/C15H19N3O2S/c1-11-8-14(16-3)9-12(2)15(11)21(19,20)18-10-13-4-6-17-7-5-13/h4-9,16,18H,10H2,1-3H3. The van der Waals surface area contributed by atoms with E-state index in [0.717, 1.165) is 22.4 Å². The normalized spacial score (nSPS) is 11.4. The van der Waals surface area contributed by atoms with Gasteiger partial charge in [0.1, 0.15) is 0 Å². The number of rotatable bonds is 5. The second kappa shape index (κ2) is 6.24. The molecule has 0 aliphatic rings. The Kier molecular flexibility index (Phi) is 4.59. The molecule has 0 aliphatic carbocycles. The summed E-state index contributed by atoms with van der Waals surface area (Å²) in [7, 11) is -1.73. The average Bonchev–Trinajstić information content (AvgIpc) is 2.45. The highest BCUT2D eigenvalue weighted by molar-refractivity contribution is 7.89. The van der Waals surface area contributed by atoms with Crippen molar-refractivity contribution in [1.82, 2.24) is 9.71 Å². The van der Waals surface area contributed by atoms with Crippen LogP contribution in [-0.2, 0) is 16.6 Å². The van der Waals surface area contributed by atoms with Crippen LogP contribution >= 0.6 is 0 Å². The number of anilines is 1. The first-order valence-corrected chi connectivity index (χ1v) is 8.10. The van der Waals surface area contributed by atoms with Crippen molar-refractivity contribution in [2.24, 2.45) is 0 Å². The maximum Gasteiger partial charge on any atom is 0.241 e. The average molecular weight is 305 g/mol. The van der Waals surface area contributed by atoms with Gasteiger partial charge in [0.15, 0.2) is 0 Å². The molecule has 6 heteroatoms. The molecule has 0 aliphatic heterocycles. The number of sulfonamides is 1. The van der Waals surface area contributed by atoms with Gasteiger partial charge in [0.2, 0.25) is 10.0 Å². The molecule has 2 rings (SSSR count). The summed E-state index contributed by atoms with van der Waals surface area (Å²) >= 11 is 0. The quantitative estimate of drug-likeness (QED) is 0.888. The minimum atomic E-state index is -3.54. The second-order valence-corrected chi connectivity index (χ2v) is 6.57. The smallest absolute Gasteiger partial charge is 0.241 e. The van der Waals surface area contributed by atoms with E-state index in [2.05, 4.69) is 15.0 Å². The lowest BCUT2D eigenvalue weighted by molar-refractivity contribution is 0.580. The lowest BCUT2D eigenvalue weighted by Gasteiger charge is -2.14. The Morgan fingerprint density at radius 3 is 2.19 bits per heavy atom. The third-order valence-corrected chi connectivity index (χ3v) is 4.94. The summed E-state index contributed by atoms with van der Waals surface area (Å²) in [6.07, 6.45) is 3.28. The van der Waals surface area contributed by atoms with Gasteiger partial charge in [0.05, 0.1) is 4.90 Å². The SMILES string of the molecule is CNc1cc(C)c(S(=O)(=O)NCc2ccncc2)c(C)c1. The highest BCUT2D eigenvalue weighted by Gasteiger charge is 2.19. The minimum Gasteiger partial charge on any atom is -0.388 e. The Morgan fingerprint density at radius 2 is 1.67 bits per heavy atom. The third-order valence-electron chi connectivity index (χ3n) is 3.23. The number of aryl methyl sites for hydroxylation is 2. The van der Waals surface area contributed by atoms with Crippen molar-refractivity contribution in [1.29, 1.82) is 0 Å². The first-order chi connectivity index (χ1) is 9.94. The lowest BCUT2D eigenvalue weighted by atomic mass is 10.1. The fourth-order valence-electron chi connectivity index (χ4n) is 2.27. The number of nitrogens with zero attached hydrogens (tertiary/aromatic N) is 1. The molecule has 0 spiro atoms. The zero-order valence-electron chi connectivity index (χ0n) is 12.3. The molecule has 112 valence electrons. The molecule has 0 fully saturated rings. The van der Waals surface area contributed by atoms with E-state index in [0.29, 0.717) is 4.90 Å². The Hall–Kier alpha value is -1.92. The van der Waals surface area contributed by atoms with Crippen molar-refractivity contribution in [2.75, 3.05) is 12.4 Å². The zero-order valence-corrected chi connectivity index (χ0v) is 13.2. The summed E-state index contributed by atoms with van der Waals surface area (Å²) in [6, 6.07) is 7.22. The van der Waals surface area contributed by atoms with Crippen molar-refractivity contribution in [3.63, 3.8) is 0 Å². The lowest BCUT2D eigenvalue weighted by Crippen LogP contribution is -2.25. The number of hydrogen-bond acceptors (Lipinski definition) is 4. The van der Waals surface area contributed by atoms with Crippen molar-refractivity contribution in [3.05, 3.63) is 53.3 Å². The predicted molar refractivity (Wildman–Crippen MR) is 83.7 cm³/mol. The van der Waals surface area contributed by atoms with E-state index in [1.165, 1.54) is 0 Å². The van der Waals surface area contributed by atoms with Crippen molar-refractivity contribution in [3.8, 4) is 0 Å². The first-order valence-electron chi connectivity index (χ1n) is 6.61. The zero-order chi connectivity index (χ0) is 15.5. The van der Waals surface area contributed by atoms with E-state index >= 15 is 0 Å². The van der Waals surface area contributed by atoms with Crippen LogP contribution in [0.1, 0.15) is 16.7 Å². The fourth-order valence-corrected chi connectivity index (χ4v) is 3.74. The van der Waals surface area contributed by atoms with Crippen LogP contribution in [0.4, 0.5) is 5.69 Å². The van der Waals surface area contributed by atoms with Gasteiger partial charge < -0.3 is 5.32 Å². The van der Waals surface area contributed by atoms with E-state index in [-0.39, 0.29) is 6.54 Å². The van der Waals surface area contributed by atoms with Gasteiger partial charge in [-0.05, 0) is 54.8 Å². The summed E-state index contributed by atoms with van der Waals surface area (Å²) in [5.41, 5.74) is 3.22. The van der Waals surface area contributed by atoms with Crippen LogP contribution < -0.4 is 10.0 Å². The molecule has 21 heavy (non-hydrogen) atoms. The van der Waals surface area contributed by atoms with Gasteiger partial charge in [-0.15, -0.1) is 0 Å². The van der Waals surface area contributed by atoms with Crippen LogP contribution in [0, 0.1) is 13.8 Å². The van der Waals surface area contributed by atoms with E-state index in [1.807, 2.05) is 19.2 Å². The molecule has 0 saturated carbocycles. The van der Waals surface area contributed by atoms with E-state index in [4.69, 9.17) is 0 Å². The second-order valence-electron chi connectivity index (χ2n) is 4.87. The minimum absolute atomic E-state index is 0.248. The van der Waals surface area contributed by atoms with Crippen LogP contribution in [-0.4, -0.2) is 20.4 Å². The van der Waals surface area contributed by atoms with Gasteiger partial charge in [-0.2, -0.15) is 0 Å². The van der Waals surface area contributed by atoms with Crippen LogP contribution in [0.15, 0.2) is 41.6 Å². The maximum atomic E-state index is 12.5. The fraction of sp³-hybridized carbons (Fsp3) is 0.267. The van der Waals surface area contributed by atoms with Gasteiger partial charge in [-0.1, -0.05) is 0 Å². The van der Waals surface area contributed by atoms with Crippen molar-refractivity contribution < 1.29 is 8.42 Å². The molecule has 0 saturated heterocycles. The van der Waals surface area contributed by atoms with Crippen molar-refractivity contribution in [2.45, 2.75) is 25.3 Å². The van der Waals surface area contributed by atoms with Crippen molar-refractivity contribution >= 4 is 15.7 Å². The largest absolute Gasteiger partial charge is 0.388 e. The van der Waals surface area contributed by atoms with Gasteiger partial charge in [0, 0.05) is 31.7 Å². The molecule has 1 aromatic carbocycles. The summed E-state index contributed by atoms with van der Waals surface area (Å²) < 4.78 is 27.6. The van der Waals surface area contributed by atoms with Gasteiger partial charge in [0.25, 0.3) is 0 Å². The van der Waals surface area contributed by atoms with Gasteiger partial charge >= 0.3 is 0 Å². The molecule has 0 bridgehead atoms. The maximum absolute atomic E-state index is 12.5. The van der Waals surface area contributed by atoms with Crippen LogP contribution in [0.2, 0.25) is 0 Å². The van der Waals surface area contributed by atoms with E-state index in [1.54, 1.807) is 38.4 Å². The topological polar surface area (TPSA) is 71.1 Å². The molecule has 0 radical (unpaired) electrons. The highest BCUT2D eigenvalue weighted by atomic mass is 32.2. The molecule has 0 atom stereocenters. The number of benzene rings is 1. The molecular formula is C15H19N3O2S. The van der Waals surface area contributed by atoms with Gasteiger partial charge in [-0.3, -0.25) is 4.98 Å². The molecule has 0 unspecified atom stereocenters. The summed E-state index contributed by atoms with van der Waals surface area (Å²) in [5.74, 6) is 0. The Balaban J connectivity index is 2.28. The molecular weight excluding hydrogens is 286 g/mol. The molecule has 2 aromatic rings. The van der Waals surface area contributed by atoms with Crippen LogP contribution in [0.25, 0.3) is 0 Å². The molecule has 5 nitrogen and oxygen atoms in total. The molecule has 2 N–H and O–H groups in total. The molecule has 1 aromatic heterocycles. The summed E-state index contributed by atoms with van der Waals surface area (Å²) in [6.45, 7) is 3.85. The van der Waals surface area contributed by atoms with Gasteiger partial charge in [-0.25, -0.2) is 13.1 Å². The predicted octanol–water partition coefficient (Wildman–Crippen LogP) is 2.22. The molecule has 0 amide bonds. The summed E-state index contributed by atoms with van der Waals surface area (Å²) in [5, 5.41) is 3.02.